The molecule has 2 aromatic heterocycles. The number of nitriles is 1. The van der Waals surface area contributed by atoms with Gasteiger partial charge in [0, 0.05) is 36.3 Å². The molecule has 1 aliphatic carbocycles. The molecule has 0 bridgehead atoms. The molecule has 0 aliphatic heterocycles. The van der Waals surface area contributed by atoms with E-state index in [4.69, 9.17) is 14.7 Å². The van der Waals surface area contributed by atoms with Crippen molar-refractivity contribution in [3.63, 3.8) is 0 Å². The van der Waals surface area contributed by atoms with Gasteiger partial charge in [0.2, 0.25) is 0 Å². The number of halogens is 1. The summed E-state index contributed by atoms with van der Waals surface area (Å²) in [5.41, 5.74) is -0.381. The number of carbonyl (C=O) groups is 4. The van der Waals surface area contributed by atoms with Crippen molar-refractivity contribution in [2.45, 2.75) is 58.1 Å². The number of pyridine rings is 2. The lowest BCUT2D eigenvalue weighted by atomic mass is 10.00. The lowest BCUT2D eigenvalue weighted by molar-refractivity contribution is 0.0634. The molecule has 13 heteroatoms. The average molecular weight is 589 g/mol. The zero-order valence-corrected chi connectivity index (χ0v) is 23.9. The summed E-state index contributed by atoms with van der Waals surface area (Å²) in [6.07, 6.45) is 2.15. The number of rotatable bonds is 8. The number of anilines is 2. The third-order valence-electron chi connectivity index (χ3n) is 6.20. The van der Waals surface area contributed by atoms with Gasteiger partial charge in [0.05, 0.1) is 16.7 Å². The maximum absolute atomic E-state index is 15.2. The Bertz CT molecular complexity index is 1600. The number of aromatic nitrogens is 2. The van der Waals surface area contributed by atoms with Gasteiger partial charge in [0.25, 0.3) is 0 Å². The van der Waals surface area contributed by atoms with E-state index in [-0.39, 0.29) is 46.3 Å². The van der Waals surface area contributed by atoms with Gasteiger partial charge in [0.1, 0.15) is 34.9 Å². The number of esters is 1. The molecule has 222 valence electrons. The van der Waals surface area contributed by atoms with Gasteiger partial charge < -0.3 is 14.8 Å². The van der Waals surface area contributed by atoms with Crippen molar-refractivity contribution in [2.75, 3.05) is 10.6 Å². The minimum Gasteiger partial charge on any atom is -0.444 e. The molecule has 1 aromatic carbocycles. The SMILES string of the molecule is CCC(=O)c1ccc(F)c([C@@H]2CC2NC(=O)Nc2ccc(C#N)cn2)c1OC(=O)c1ccc(NC(=O)OC(C)(C)C)nc1. The van der Waals surface area contributed by atoms with Crippen LogP contribution in [-0.4, -0.2) is 45.5 Å². The van der Waals surface area contributed by atoms with Crippen LogP contribution >= 0.6 is 0 Å². The first-order valence-corrected chi connectivity index (χ1v) is 13.4. The van der Waals surface area contributed by atoms with Crippen LogP contribution in [0.25, 0.3) is 0 Å². The number of nitrogens with one attached hydrogen (secondary N) is 3. The van der Waals surface area contributed by atoms with E-state index in [0.29, 0.717) is 12.0 Å². The van der Waals surface area contributed by atoms with Crippen molar-refractivity contribution in [1.82, 2.24) is 15.3 Å². The van der Waals surface area contributed by atoms with Crippen molar-refractivity contribution in [1.29, 1.82) is 5.26 Å². The van der Waals surface area contributed by atoms with Crippen LogP contribution in [0.5, 0.6) is 5.75 Å². The number of benzene rings is 1. The molecule has 2 atom stereocenters. The highest BCUT2D eigenvalue weighted by molar-refractivity contribution is 6.01. The Morgan fingerprint density at radius 2 is 1.72 bits per heavy atom. The maximum atomic E-state index is 15.2. The Morgan fingerprint density at radius 3 is 2.33 bits per heavy atom. The van der Waals surface area contributed by atoms with Gasteiger partial charge in [-0.05, 0) is 63.6 Å². The fraction of sp³-hybridized carbons (Fsp3) is 0.300. The predicted molar refractivity (Wildman–Crippen MR) is 152 cm³/mol. The number of ketones is 1. The number of hydrogen-bond donors (Lipinski definition) is 3. The first kappa shape index (κ1) is 30.6. The number of nitrogens with zero attached hydrogens (tertiary/aromatic N) is 3. The van der Waals surface area contributed by atoms with E-state index in [1.807, 2.05) is 6.07 Å². The van der Waals surface area contributed by atoms with Crippen LogP contribution in [0, 0.1) is 17.1 Å². The molecule has 3 amide bonds. The van der Waals surface area contributed by atoms with E-state index in [1.54, 1.807) is 27.7 Å². The highest BCUT2D eigenvalue weighted by Gasteiger charge is 2.44. The van der Waals surface area contributed by atoms with Crippen LogP contribution in [0.3, 0.4) is 0 Å². The van der Waals surface area contributed by atoms with E-state index in [0.717, 1.165) is 6.07 Å². The quantitative estimate of drug-likeness (QED) is 0.179. The van der Waals surface area contributed by atoms with Crippen LogP contribution in [0.2, 0.25) is 0 Å². The lowest BCUT2D eigenvalue weighted by Gasteiger charge is -2.19. The van der Waals surface area contributed by atoms with Gasteiger partial charge in [-0.2, -0.15) is 5.26 Å². The Labute approximate surface area is 246 Å². The molecular formula is C30H29FN6O6. The Morgan fingerprint density at radius 1 is 1.02 bits per heavy atom. The van der Waals surface area contributed by atoms with Crippen molar-refractivity contribution in [2.24, 2.45) is 0 Å². The van der Waals surface area contributed by atoms with Crippen molar-refractivity contribution < 1.29 is 33.0 Å². The fourth-order valence-corrected chi connectivity index (χ4v) is 4.12. The minimum atomic E-state index is -0.900. The van der Waals surface area contributed by atoms with Crippen LogP contribution < -0.4 is 20.7 Å². The molecule has 1 fully saturated rings. The molecule has 1 unspecified atom stereocenters. The Hall–Kier alpha value is -5.38. The summed E-state index contributed by atoms with van der Waals surface area (Å²) in [6.45, 7) is 6.75. The first-order chi connectivity index (χ1) is 20.4. The van der Waals surface area contributed by atoms with Crippen LogP contribution in [0.4, 0.5) is 25.6 Å². The summed E-state index contributed by atoms with van der Waals surface area (Å²) in [5.74, 6) is -2.43. The highest BCUT2D eigenvalue weighted by atomic mass is 19.1. The third-order valence-corrected chi connectivity index (χ3v) is 6.20. The molecule has 0 radical (unpaired) electrons. The zero-order chi connectivity index (χ0) is 31.3. The number of amides is 3. The fourth-order valence-electron chi connectivity index (χ4n) is 4.12. The smallest absolute Gasteiger partial charge is 0.413 e. The summed E-state index contributed by atoms with van der Waals surface area (Å²) in [4.78, 5) is 58.3. The van der Waals surface area contributed by atoms with Gasteiger partial charge in [-0.1, -0.05) is 6.92 Å². The summed E-state index contributed by atoms with van der Waals surface area (Å²) in [7, 11) is 0. The number of carbonyl (C=O) groups excluding carboxylic acids is 4. The second-order valence-corrected chi connectivity index (χ2v) is 10.7. The monoisotopic (exact) mass is 588 g/mol. The van der Waals surface area contributed by atoms with Crippen molar-refractivity contribution in [3.8, 4) is 11.8 Å². The van der Waals surface area contributed by atoms with Crippen LogP contribution in [-0.2, 0) is 4.74 Å². The van der Waals surface area contributed by atoms with Crippen molar-refractivity contribution in [3.05, 3.63) is 76.9 Å². The third kappa shape index (κ3) is 7.88. The topological polar surface area (TPSA) is 172 Å². The summed E-state index contributed by atoms with van der Waals surface area (Å²) >= 11 is 0. The van der Waals surface area contributed by atoms with Gasteiger partial charge in [-0.25, -0.2) is 28.7 Å². The average Bonchev–Trinajstić information content (AvgIpc) is 3.70. The standard InChI is InChI=1S/C30H29FN6O6/c1-5-22(38)18-8-9-20(31)25(19-12-21(19)35-28(40)36-23-10-6-16(13-32)14-33-23)26(18)42-27(39)17-7-11-24(34-15-17)37-29(41)43-30(2,3)4/h6-11,14-15,19,21H,5,12H2,1-4H3,(H,34,37,41)(H2,33,35,36,40)/t19-,21?/m1/s1. The van der Waals surface area contributed by atoms with E-state index in [1.165, 1.54) is 42.7 Å². The predicted octanol–water partition coefficient (Wildman–Crippen LogP) is 5.32. The largest absolute Gasteiger partial charge is 0.444 e. The maximum Gasteiger partial charge on any atom is 0.413 e. The molecule has 4 rings (SSSR count). The molecule has 12 nitrogen and oxygen atoms in total. The van der Waals surface area contributed by atoms with Crippen molar-refractivity contribution >= 4 is 35.5 Å². The molecule has 1 aliphatic rings. The molecular weight excluding hydrogens is 559 g/mol. The van der Waals surface area contributed by atoms with Crippen LogP contribution in [0.15, 0.2) is 48.8 Å². The molecule has 0 saturated heterocycles. The number of urea groups is 1. The normalized spacial score (nSPS) is 15.4. The van der Waals surface area contributed by atoms with Gasteiger partial charge in [-0.3, -0.25) is 15.4 Å². The molecule has 3 N–H and O–H groups in total. The molecule has 2 heterocycles. The molecule has 0 spiro atoms. The summed E-state index contributed by atoms with van der Waals surface area (Å²) in [6, 6.07) is 8.88. The summed E-state index contributed by atoms with van der Waals surface area (Å²) < 4.78 is 26.0. The summed E-state index contributed by atoms with van der Waals surface area (Å²) in [5, 5.41) is 16.6. The number of hydrogen-bond acceptors (Lipinski definition) is 9. The van der Waals surface area contributed by atoms with E-state index < -0.39 is 41.5 Å². The second-order valence-electron chi connectivity index (χ2n) is 10.7. The first-order valence-electron chi connectivity index (χ1n) is 13.4. The number of Topliss-reactive ketones (excluding diaryl/α,β-unsaturated/α-hetero) is 1. The zero-order valence-electron chi connectivity index (χ0n) is 23.9. The number of ether oxygens (including phenoxy) is 2. The highest BCUT2D eigenvalue weighted by Crippen LogP contribution is 2.47. The van der Waals surface area contributed by atoms with E-state index in [9.17, 15) is 19.2 Å². The van der Waals surface area contributed by atoms with Gasteiger partial charge in [0.15, 0.2) is 5.78 Å². The second kappa shape index (κ2) is 12.6. The van der Waals surface area contributed by atoms with Gasteiger partial charge >= 0.3 is 18.1 Å². The molecule has 43 heavy (non-hydrogen) atoms. The molecule has 1 saturated carbocycles. The van der Waals surface area contributed by atoms with E-state index >= 15 is 4.39 Å². The lowest BCUT2D eigenvalue weighted by Crippen LogP contribution is -2.31. The van der Waals surface area contributed by atoms with Crippen LogP contribution in [0.1, 0.15) is 78.3 Å². The minimum absolute atomic E-state index is 0.00869. The molecule has 3 aromatic rings. The Balaban J connectivity index is 1.50. The van der Waals surface area contributed by atoms with Gasteiger partial charge in [-0.15, -0.1) is 0 Å². The Kier molecular flexibility index (Phi) is 8.99. The van der Waals surface area contributed by atoms with E-state index in [2.05, 4.69) is 25.9 Å².